The monoisotopic (exact) mass is 164 g/mol. The fourth-order valence-electron chi connectivity index (χ4n) is 1.04. The Hall–Kier alpha value is -1.85. The third kappa shape index (κ3) is 0.849. The maximum Gasteiger partial charge on any atom is 0.224 e. The predicted octanol–water partition coefficient (Wildman–Crippen LogP) is -0.0232. The van der Waals surface area contributed by atoms with Gasteiger partial charge in [0.1, 0.15) is 5.82 Å². The third-order valence-electron chi connectivity index (χ3n) is 1.56. The first-order valence-electron chi connectivity index (χ1n) is 3.45. The highest BCUT2D eigenvalue weighted by Crippen LogP contribution is 2.17. The molecule has 2 aromatic rings. The number of nitrogens with one attached hydrogen (secondary N) is 2. The number of anilines is 2. The quantitative estimate of drug-likeness (QED) is 0.550. The molecule has 0 spiro atoms. The van der Waals surface area contributed by atoms with E-state index < -0.39 is 0 Å². The van der Waals surface area contributed by atoms with Crippen LogP contribution in [0.4, 0.5) is 11.8 Å². The number of nitrogens with zero attached hydrogens (tertiary/aromatic N) is 3. The molecule has 0 saturated carbocycles. The van der Waals surface area contributed by atoms with Gasteiger partial charge in [-0.2, -0.15) is 15.1 Å². The summed E-state index contributed by atoms with van der Waals surface area (Å²) >= 11 is 0. The normalized spacial score (nSPS) is 10.4. The summed E-state index contributed by atoms with van der Waals surface area (Å²) in [5, 5.41) is 10.3. The van der Waals surface area contributed by atoms with E-state index in [1.165, 1.54) is 0 Å². The molecule has 0 aromatic carbocycles. The van der Waals surface area contributed by atoms with E-state index in [0.29, 0.717) is 11.5 Å². The number of aromatic nitrogens is 4. The highest BCUT2D eigenvalue weighted by Gasteiger charge is 2.04. The molecule has 0 amide bonds. The molecule has 0 aliphatic heterocycles. The fraction of sp³-hybridized carbons (Fsp3) is 0.167. The van der Waals surface area contributed by atoms with Gasteiger partial charge in [-0.1, -0.05) is 0 Å². The van der Waals surface area contributed by atoms with Gasteiger partial charge in [0.2, 0.25) is 5.95 Å². The van der Waals surface area contributed by atoms with Crippen molar-refractivity contribution in [2.24, 2.45) is 0 Å². The van der Waals surface area contributed by atoms with Crippen molar-refractivity contribution in [1.29, 1.82) is 0 Å². The van der Waals surface area contributed by atoms with E-state index in [1.807, 2.05) is 0 Å². The van der Waals surface area contributed by atoms with Crippen LogP contribution in [0.3, 0.4) is 0 Å². The highest BCUT2D eigenvalue weighted by molar-refractivity contribution is 5.86. The van der Waals surface area contributed by atoms with Crippen LogP contribution in [0.1, 0.15) is 0 Å². The van der Waals surface area contributed by atoms with Crippen molar-refractivity contribution >= 4 is 22.8 Å². The number of hydrogen-bond acceptors (Lipinski definition) is 5. The maximum absolute atomic E-state index is 5.45. The van der Waals surface area contributed by atoms with E-state index in [9.17, 15) is 0 Å². The lowest BCUT2D eigenvalue weighted by Gasteiger charge is -1.99. The number of H-pyrrole nitrogens is 1. The molecule has 0 fully saturated rings. The Morgan fingerprint density at radius 2 is 2.33 bits per heavy atom. The molecule has 0 bridgehead atoms. The smallest absolute Gasteiger partial charge is 0.224 e. The van der Waals surface area contributed by atoms with Crippen molar-refractivity contribution in [2.75, 3.05) is 18.1 Å². The van der Waals surface area contributed by atoms with Gasteiger partial charge in [0.05, 0.1) is 11.6 Å². The Balaban J connectivity index is 2.80. The van der Waals surface area contributed by atoms with Gasteiger partial charge in [0, 0.05) is 7.05 Å². The average Bonchev–Trinajstić information content (AvgIpc) is 2.50. The number of aromatic amines is 1. The van der Waals surface area contributed by atoms with Crippen molar-refractivity contribution in [3.05, 3.63) is 6.20 Å². The van der Waals surface area contributed by atoms with Crippen LogP contribution in [0.2, 0.25) is 0 Å². The molecule has 0 aliphatic rings. The molecule has 6 heteroatoms. The molecule has 0 radical (unpaired) electrons. The standard InChI is InChI=1S/C6H8N6/c1-8-4-3-2-9-12-5(3)11-6(7)10-4/h2H,1H3,(H4,7,8,9,10,11,12). The largest absolute Gasteiger partial charge is 0.372 e. The second kappa shape index (κ2) is 2.33. The topological polar surface area (TPSA) is 92.5 Å². The summed E-state index contributed by atoms with van der Waals surface area (Å²) in [6.07, 6.45) is 1.65. The van der Waals surface area contributed by atoms with Crippen LogP contribution in [-0.2, 0) is 0 Å². The van der Waals surface area contributed by atoms with Crippen LogP contribution in [0.15, 0.2) is 6.20 Å². The number of hydrogen-bond donors (Lipinski definition) is 3. The average molecular weight is 164 g/mol. The van der Waals surface area contributed by atoms with Crippen LogP contribution >= 0.6 is 0 Å². The summed E-state index contributed by atoms with van der Waals surface area (Å²) in [6, 6.07) is 0. The zero-order valence-corrected chi connectivity index (χ0v) is 6.50. The Labute approximate surface area is 68.2 Å². The molecule has 4 N–H and O–H groups in total. The molecular formula is C6H8N6. The van der Waals surface area contributed by atoms with Gasteiger partial charge >= 0.3 is 0 Å². The zero-order valence-electron chi connectivity index (χ0n) is 6.50. The van der Waals surface area contributed by atoms with Crippen LogP contribution in [0.5, 0.6) is 0 Å². The van der Waals surface area contributed by atoms with Crippen LogP contribution in [0.25, 0.3) is 11.0 Å². The van der Waals surface area contributed by atoms with Crippen LogP contribution < -0.4 is 11.1 Å². The van der Waals surface area contributed by atoms with Gasteiger partial charge in [0.25, 0.3) is 0 Å². The van der Waals surface area contributed by atoms with E-state index in [-0.39, 0.29) is 5.95 Å². The lowest BCUT2D eigenvalue weighted by Crippen LogP contribution is -2.00. The molecule has 0 atom stereocenters. The molecule has 6 nitrogen and oxygen atoms in total. The Kier molecular flexibility index (Phi) is 1.33. The Bertz CT molecular complexity index is 405. The highest BCUT2D eigenvalue weighted by atomic mass is 15.2. The molecule has 0 aliphatic carbocycles. The van der Waals surface area contributed by atoms with Crippen molar-refractivity contribution in [1.82, 2.24) is 20.2 Å². The molecular weight excluding hydrogens is 156 g/mol. The van der Waals surface area contributed by atoms with Crippen molar-refractivity contribution in [3.8, 4) is 0 Å². The van der Waals surface area contributed by atoms with E-state index in [2.05, 4.69) is 25.5 Å². The number of rotatable bonds is 1. The lowest BCUT2D eigenvalue weighted by molar-refractivity contribution is 1.09. The second-order valence-corrected chi connectivity index (χ2v) is 2.31. The summed E-state index contributed by atoms with van der Waals surface area (Å²) in [4.78, 5) is 7.94. The first-order chi connectivity index (χ1) is 5.81. The minimum absolute atomic E-state index is 0.233. The Morgan fingerprint density at radius 3 is 3.08 bits per heavy atom. The first-order valence-corrected chi connectivity index (χ1v) is 3.45. The molecule has 62 valence electrons. The summed E-state index contributed by atoms with van der Waals surface area (Å²) in [5.41, 5.74) is 6.09. The van der Waals surface area contributed by atoms with E-state index in [4.69, 9.17) is 5.73 Å². The van der Waals surface area contributed by atoms with Crippen molar-refractivity contribution in [3.63, 3.8) is 0 Å². The minimum Gasteiger partial charge on any atom is -0.372 e. The van der Waals surface area contributed by atoms with Gasteiger partial charge < -0.3 is 11.1 Å². The lowest BCUT2D eigenvalue weighted by atomic mass is 10.4. The zero-order chi connectivity index (χ0) is 8.55. The number of fused-ring (bicyclic) bond motifs is 1. The third-order valence-corrected chi connectivity index (χ3v) is 1.56. The number of nitrogen functional groups attached to an aromatic ring is 1. The van der Waals surface area contributed by atoms with E-state index in [0.717, 1.165) is 5.39 Å². The van der Waals surface area contributed by atoms with Crippen LogP contribution in [0, 0.1) is 0 Å². The summed E-state index contributed by atoms with van der Waals surface area (Å²) in [6.45, 7) is 0. The SMILES string of the molecule is CNc1nc(N)nc2[nH]ncc12. The molecule has 2 aromatic heterocycles. The van der Waals surface area contributed by atoms with Crippen LogP contribution in [-0.4, -0.2) is 27.2 Å². The fourth-order valence-corrected chi connectivity index (χ4v) is 1.04. The Morgan fingerprint density at radius 1 is 1.50 bits per heavy atom. The summed E-state index contributed by atoms with van der Waals surface area (Å²) < 4.78 is 0. The summed E-state index contributed by atoms with van der Waals surface area (Å²) in [7, 11) is 1.77. The van der Waals surface area contributed by atoms with Crippen molar-refractivity contribution in [2.45, 2.75) is 0 Å². The van der Waals surface area contributed by atoms with E-state index >= 15 is 0 Å². The predicted molar refractivity (Wildman–Crippen MR) is 45.6 cm³/mol. The van der Waals surface area contributed by atoms with E-state index in [1.54, 1.807) is 13.2 Å². The molecule has 0 unspecified atom stereocenters. The van der Waals surface area contributed by atoms with Gasteiger partial charge in [-0.05, 0) is 0 Å². The first kappa shape index (κ1) is 6.84. The molecule has 2 heterocycles. The van der Waals surface area contributed by atoms with Gasteiger partial charge in [-0.3, -0.25) is 5.10 Å². The van der Waals surface area contributed by atoms with Crippen molar-refractivity contribution < 1.29 is 0 Å². The molecule has 12 heavy (non-hydrogen) atoms. The minimum atomic E-state index is 0.233. The molecule has 2 rings (SSSR count). The van der Waals surface area contributed by atoms with Gasteiger partial charge in [-0.25, -0.2) is 0 Å². The van der Waals surface area contributed by atoms with Gasteiger partial charge in [-0.15, -0.1) is 0 Å². The molecule has 0 saturated heterocycles. The second-order valence-electron chi connectivity index (χ2n) is 2.31. The summed E-state index contributed by atoms with van der Waals surface area (Å²) in [5.74, 6) is 0.919. The number of nitrogens with two attached hydrogens (primary N) is 1. The maximum atomic E-state index is 5.45. The van der Waals surface area contributed by atoms with Gasteiger partial charge in [0.15, 0.2) is 5.65 Å².